The number of carbonyl (C=O) groups is 1. The van der Waals surface area contributed by atoms with E-state index < -0.39 is 0 Å². The van der Waals surface area contributed by atoms with Gasteiger partial charge in [-0.1, -0.05) is 37.8 Å². The number of aryl methyl sites for hydroxylation is 1. The molecule has 0 aliphatic rings. The van der Waals surface area contributed by atoms with Crippen molar-refractivity contribution in [1.82, 2.24) is 4.90 Å². The van der Waals surface area contributed by atoms with Gasteiger partial charge in [-0.05, 0) is 37.7 Å². The molecule has 1 unspecified atom stereocenters. The van der Waals surface area contributed by atoms with Crippen molar-refractivity contribution in [3.63, 3.8) is 0 Å². The molecule has 92 valence electrons. The summed E-state index contributed by atoms with van der Waals surface area (Å²) in [6.07, 6.45) is 2.89. The Morgan fingerprint density at radius 1 is 1.41 bits per heavy atom. The Hall–Kier alpha value is -1.41. The number of allylic oxidation sites excluding steroid dienone is 1. The van der Waals surface area contributed by atoms with Crippen molar-refractivity contribution < 1.29 is 4.79 Å². The van der Waals surface area contributed by atoms with E-state index in [1.54, 1.807) is 0 Å². The fraction of sp³-hybridized carbons (Fsp3) is 0.400. The molecule has 0 radical (unpaired) electrons. The lowest BCUT2D eigenvalue weighted by molar-refractivity contribution is -0.115. The van der Waals surface area contributed by atoms with Gasteiger partial charge in [-0.2, -0.15) is 0 Å². The maximum absolute atomic E-state index is 11.6. The largest absolute Gasteiger partial charge is 0.302 e. The molecule has 0 fully saturated rings. The van der Waals surface area contributed by atoms with Crippen LogP contribution in [0.2, 0.25) is 0 Å². The first-order chi connectivity index (χ1) is 8.10. The van der Waals surface area contributed by atoms with Crippen LogP contribution in [-0.4, -0.2) is 24.8 Å². The maximum Gasteiger partial charge on any atom is 0.157 e. The summed E-state index contributed by atoms with van der Waals surface area (Å²) in [5.74, 6) is 0.0922. The third kappa shape index (κ3) is 3.53. The third-order valence-corrected chi connectivity index (χ3v) is 3.04. The minimum Gasteiger partial charge on any atom is -0.302 e. The Morgan fingerprint density at radius 3 is 2.59 bits per heavy atom. The van der Waals surface area contributed by atoms with Crippen LogP contribution >= 0.6 is 0 Å². The van der Waals surface area contributed by atoms with E-state index in [9.17, 15) is 4.79 Å². The molecule has 2 heteroatoms. The van der Waals surface area contributed by atoms with Gasteiger partial charge in [0.25, 0.3) is 0 Å². The summed E-state index contributed by atoms with van der Waals surface area (Å²) in [6, 6.07) is 8.45. The van der Waals surface area contributed by atoms with E-state index in [-0.39, 0.29) is 11.8 Å². The Morgan fingerprint density at radius 2 is 2.06 bits per heavy atom. The van der Waals surface area contributed by atoms with Crippen molar-refractivity contribution in [2.24, 2.45) is 0 Å². The highest BCUT2D eigenvalue weighted by Crippen LogP contribution is 2.26. The second-order valence-corrected chi connectivity index (χ2v) is 4.41. The molecule has 0 spiro atoms. The summed E-state index contributed by atoms with van der Waals surface area (Å²) in [7, 11) is 4.01. The van der Waals surface area contributed by atoms with Gasteiger partial charge in [-0.3, -0.25) is 4.79 Å². The number of ketones is 1. The molecule has 0 saturated heterocycles. The van der Waals surface area contributed by atoms with Crippen molar-refractivity contribution in [3.8, 4) is 0 Å². The average Bonchev–Trinajstić information content (AvgIpc) is 2.35. The Bertz CT molecular complexity index is 396. The maximum atomic E-state index is 11.6. The van der Waals surface area contributed by atoms with E-state index in [0.29, 0.717) is 6.42 Å². The highest BCUT2D eigenvalue weighted by Gasteiger charge is 2.18. The van der Waals surface area contributed by atoms with E-state index in [1.165, 1.54) is 17.2 Å². The van der Waals surface area contributed by atoms with E-state index in [1.807, 2.05) is 26.2 Å². The summed E-state index contributed by atoms with van der Waals surface area (Å²) < 4.78 is 0. The van der Waals surface area contributed by atoms with E-state index >= 15 is 0 Å². The molecule has 2 nitrogen and oxygen atoms in total. The lowest BCUT2D eigenvalue weighted by atomic mass is 9.94. The topological polar surface area (TPSA) is 20.3 Å². The highest BCUT2D eigenvalue weighted by atomic mass is 16.1. The number of carbonyl (C=O) groups excluding carboxylic acids is 1. The molecule has 1 aromatic carbocycles. The standard InChI is InChI=1S/C15H21NO/c1-5-12-9-7-8-10-14(12)15(16(3)4)11-13(17)6-2/h6-10,15H,2,5,11H2,1,3-4H3. The predicted molar refractivity (Wildman–Crippen MR) is 72.1 cm³/mol. The zero-order valence-corrected chi connectivity index (χ0v) is 10.9. The van der Waals surface area contributed by atoms with Crippen molar-refractivity contribution in [1.29, 1.82) is 0 Å². The number of hydrogen-bond acceptors (Lipinski definition) is 2. The Kier molecular flexibility index (Phi) is 5.11. The molecule has 17 heavy (non-hydrogen) atoms. The van der Waals surface area contributed by atoms with Gasteiger partial charge in [0.2, 0.25) is 0 Å². The second kappa shape index (κ2) is 6.36. The number of rotatable bonds is 6. The molecule has 0 heterocycles. The van der Waals surface area contributed by atoms with Crippen molar-refractivity contribution in [3.05, 3.63) is 48.0 Å². The molecule has 1 atom stereocenters. The normalized spacial score (nSPS) is 12.5. The van der Waals surface area contributed by atoms with Crippen molar-refractivity contribution >= 4 is 5.78 Å². The number of nitrogens with zero attached hydrogens (tertiary/aromatic N) is 1. The fourth-order valence-corrected chi connectivity index (χ4v) is 2.03. The predicted octanol–water partition coefficient (Wildman–Crippen LogP) is 3.00. The van der Waals surface area contributed by atoms with Crippen LogP contribution in [-0.2, 0) is 11.2 Å². The van der Waals surface area contributed by atoms with Crippen molar-refractivity contribution in [2.75, 3.05) is 14.1 Å². The Balaban J connectivity index is 3.04. The highest BCUT2D eigenvalue weighted by molar-refractivity contribution is 5.89. The van der Waals surface area contributed by atoms with Gasteiger partial charge >= 0.3 is 0 Å². The van der Waals surface area contributed by atoms with Gasteiger partial charge < -0.3 is 4.90 Å². The van der Waals surface area contributed by atoms with Crippen molar-refractivity contribution in [2.45, 2.75) is 25.8 Å². The van der Waals surface area contributed by atoms with E-state index in [0.717, 1.165) is 6.42 Å². The van der Waals surface area contributed by atoms with E-state index in [4.69, 9.17) is 0 Å². The quantitative estimate of drug-likeness (QED) is 0.701. The zero-order chi connectivity index (χ0) is 12.8. The van der Waals surface area contributed by atoms with Crippen LogP contribution in [0.1, 0.15) is 30.5 Å². The van der Waals surface area contributed by atoms with Crippen LogP contribution in [0.5, 0.6) is 0 Å². The SMILES string of the molecule is C=CC(=O)CC(c1ccccc1CC)N(C)C. The summed E-state index contributed by atoms with van der Waals surface area (Å²) in [5.41, 5.74) is 2.55. The fourth-order valence-electron chi connectivity index (χ4n) is 2.03. The van der Waals surface area contributed by atoms with Crippen LogP contribution in [0.4, 0.5) is 0 Å². The Labute approximate surface area is 104 Å². The lowest BCUT2D eigenvalue weighted by Gasteiger charge is -2.25. The molecule has 0 aromatic heterocycles. The monoisotopic (exact) mass is 231 g/mol. The minimum atomic E-state index is 0.0922. The van der Waals surface area contributed by atoms with Crippen LogP contribution in [0.15, 0.2) is 36.9 Å². The second-order valence-electron chi connectivity index (χ2n) is 4.41. The third-order valence-electron chi connectivity index (χ3n) is 3.04. The average molecular weight is 231 g/mol. The number of benzene rings is 1. The summed E-state index contributed by atoms with van der Waals surface area (Å²) in [6.45, 7) is 5.68. The first-order valence-electron chi connectivity index (χ1n) is 5.99. The smallest absolute Gasteiger partial charge is 0.157 e. The van der Waals surface area contributed by atoms with Crippen LogP contribution in [0, 0.1) is 0 Å². The molecule has 1 rings (SSSR count). The first kappa shape index (κ1) is 13.7. The van der Waals surface area contributed by atoms with Gasteiger partial charge in [-0.25, -0.2) is 0 Å². The molecular weight excluding hydrogens is 210 g/mol. The zero-order valence-electron chi connectivity index (χ0n) is 10.9. The summed E-state index contributed by atoms with van der Waals surface area (Å²) >= 11 is 0. The van der Waals surface area contributed by atoms with Gasteiger partial charge in [0, 0.05) is 12.5 Å². The molecule has 0 saturated carbocycles. The van der Waals surface area contributed by atoms with Gasteiger partial charge in [0.05, 0.1) is 0 Å². The van der Waals surface area contributed by atoms with Gasteiger partial charge in [-0.15, -0.1) is 0 Å². The molecule has 1 aromatic rings. The molecule has 0 aliphatic heterocycles. The van der Waals surface area contributed by atoms with E-state index in [2.05, 4.69) is 30.5 Å². The van der Waals surface area contributed by atoms with Gasteiger partial charge in [0.1, 0.15) is 0 Å². The van der Waals surface area contributed by atoms with Crippen LogP contribution in [0.25, 0.3) is 0 Å². The molecule has 0 aliphatic carbocycles. The number of hydrogen-bond donors (Lipinski definition) is 0. The van der Waals surface area contributed by atoms with Gasteiger partial charge in [0.15, 0.2) is 5.78 Å². The molecular formula is C15H21NO. The molecule has 0 amide bonds. The molecule has 0 bridgehead atoms. The van der Waals surface area contributed by atoms with Crippen LogP contribution in [0.3, 0.4) is 0 Å². The summed E-state index contributed by atoms with van der Waals surface area (Å²) in [5, 5.41) is 0. The lowest BCUT2D eigenvalue weighted by Crippen LogP contribution is -2.23. The first-order valence-corrected chi connectivity index (χ1v) is 5.99. The molecule has 0 N–H and O–H groups in total. The minimum absolute atomic E-state index is 0.0922. The van der Waals surface area contributed by atoms with Crippen LogP contribution < -0.4 is 0 Å². The summed E-state index contributed by atoms with van der Waals surface area (Å²) in [4.78, 5) is 13.6.